The lowest BCUT2D eigenvalue weighted by Crippen LogP contribution is -2.55. The fourth-order valence-electron chi connectivity index (χ4n) is 3.90. The lowest BCUT2D eigenvalue weighted by atomic mass is 9.87. The highest BCUT2D eigenvalue weighted by Gasteiger charge is 2.52. The summed E-state index contributed by atoms with van der Waals surface area (Å²) in [5.74, 6) is 1.28. The highest BCUT2D eigenvalue weighted by Crippen LogP contribution is 2.31. The number of amides is 3. The summed E-state index contributed by atoms with van der Waals surface area (Å²) in [5, 5.41) is 2.94. The van der Waals surface area contributed by atoms with Crippen LogP contribution in [0.15, 0.2) is 42.7 Å². The molecule has 28 heavy (non-hydrogen) atoms. The zero-order chi connectivity index (χ0) is 19.6. The molecule has 0 saturated carbocycles. The first-order valence-corrected chi connectivity index (χ1v) is 9.41. The second-order valence-corrected chi connectivity index (χ2v) is 7.07. The van der Waals surface area contributed by atoms with Gasteiger partial charge in [-0.15, -0.1) is 0 Å². The van der Waals surface area contributed by atoms with Crippen LogP contribution in [-0.4, -0.2) is 59.1 Å². The zero-order valence-electron chi connectivity index (χ0n) is 15.8. The minimum atomic E-state index is -0.816. The average Bonchev–Trinajstić information content (AvgIpc) is 2.97. The number of hydrogen-bond acceptors (Lipinski definition) is 6. The number of nitrogens with one attached hydrogen (secondary N) is 1. The fraction of sp³-hybridized carbons (Fsp3) is 0.400. The number of para-hydroxylation sites is 1. The van der Waals surface area contributed by atoms with Crippen molar-refractivity contribution in [1.82, 2.24) is 20.2 Å². The molecule has 4 rings (SSSR count). The number of hydrogen-bond donors (Lipinski definition) is 1. The van der Waals surface area contributed by atoms with Crippen LogP contribution in [0.4, 0.5) is 10.7 Å². The number of rotatable bonds is 5. The number of anilines is 1. The number of methoxy groups -OCH3 is 1. The second-order valence-electron chi connectivity index (χ2n) is 7.07. The minimum Gasteiger partial charge on any atom is -0.496 e. The molecule has 2 saturated heterocycles. The van der Waals surface area contributed by atoms with E-state index < -0.39 is 5.54 Å². The number of piperidine rings is 1. The van der Waals surface area contributed by atoms with E-state index in [1.165, 1.54) is 4.90 Å². The van der Waals surface area contributed by atoms with Gasteiger partial charge in [0.05, 0.1) is 7.11 Å². The topological polar surface area (TPSA) is 87.7 Å². The van der Waals surface area contributed by atoms with Crippen LogP contribution in [0.5, 0.6) is 5.75 Å². The first-order chi connectivity index (χ1) is 13.6. The van der Waals surface area contributed by atoms with Crippen molar-refractivity contribution in [1.29, 1.82) is 0 Å². The Kier molecular flexibility index (Phi) is 4.85. The van der Waals surface area contributed by atoms with Gasteiger partial charge in [0.25, 0.3) is 5.91 Å². The van der Waals surface area contributed by atoms with Crippen LogP contribution in [0.3, 0.4) is 0 Å². The number of carbonyl (C=O) groups excluding carboxylic acids is 2. The van der Waals surface area contributed by atoms with Crippen molar-refractivity contribution >= 4 is 17.9 Å². The van der Waals surface area contributed by atoms with E-state index in [1.54, 1.807) is 25.6 Å². The first-order valence-electron chi connectivity index (χ1n) is 9.41. The van der Waals surface area contributed by atoms with E-state index in [1.807, 2.05) is 29.2 Å². The molecular weight excluding hydrogens is 358 g/mol. The maximum Gasteiger partial charge on any atom is 0.325 e. The third kappa shape index (κ3) is 3.26. The van der Waals surface area contributed by atoms with E-state index in [9.17, 15) is 9.59 Å². The normalized spacial score (nSPS) is 18.5. The van der Waals surface area contributed by atoms with Gasteiger partial charge in [-0.25, -0.2) is 14.8 Å². The Morgan fingerprint density at radius 2 is 1.82 bits per heavy atom. The maximum absolute atomic E-state index is 13.1. The fourth-order valence-corrected chi connectivity index (χ4v) is 3.90. The van der Waals surface area contributed by atoms with Crippen LogP contribution in [-0.2, 0) is 11.2 Å². The Balaban J connectivity index is 1.41. The molecule has 1 spiro atoms. The molecule has 146 valence electrons. The standard InChI is InChI=1S/C20H23N5O3/c1-28-16-6-3-2-5-15(16)7-12-25-17(26)20(23-19(25)27)8-13-24(14-9-20)18-21-10-4-11-22-18/h2-6,10-11H,7-9,12-14H2,1H3,(H,23,27). The van der Waals surface area contributed by atoms with E-state index in [2.05, 4.69) is 15.3 Å². The van der Waals surface area contributed by atoms with Crippen LogP contribution >= 0.6 is 0 Å². The van der Waals surface area contributed by atoms with Crippen molar-refractivity contribution < 1.29 is 14.3 Å². The lowest BCUT2D eigenvalue weighted by molar-refractivity contribution is -0.132. The smallest absolute Gasteiger partial charge is 0.325 e. The number of carbonyl (C=O) groups is 2. The van der Waals surface area contributed by atoms with Gasteiger partial charge in [-0.3, -0.25) is 9.69 Å². The predicted molar refractivity (Wildman–Crippen MR) is 103 cm³/mol. The number of urea groups is 1. The van der Waals surface area contributed by atoms with Crippen molar-refractivity contribution in [3.63, 3.8) is 0 Å². The molecular formula is C20H23N5O3. The first kappa shape index (κ1) is 18.2. The summed E-state index contributed by atoms with van der Waals surface area (Å²) in [6.07, 6.45) is 5.05. The molecule has 0 aliphatic carbocycles. The third-order valence-electron chi connectivity index (χ3n) is 5.50. The summed E-state index contributed by atoms with van der Waals surface area (Å²) in [5.41, 5.74) is 0.158. The third-order valence-corrected chi connectivity index (χ3v) is 5.50. The highest BCUT2D eigenvalue weighted by atomic mass is 16.5. The molecule has 8 heteroatoms. The summed E-state index contributed by atoms with van der Waals surface area (Å²) in [7, 11) is 1.62. The van der Waals surface area contributed by atoms with Gasteiger partial charge in [-0.1, -0.05) is 18.2 Å². The average molecular weight is 381 g/mol. The minimum absolute atomic E-state index is 0.138. The van der Waals surface area contributed by atoms with Gasteiger partial charge in [0.2, 0.25) is 5.95 Å². The molecule has 1 aromatic heterocycles. The Bertz CT molecular complexity index is 865. The van der Waals surface area contributed by atoms with Crippen molar-refractivity contribution in [3.8, 4) is 5.75 Å². The van der Waals surface area contributed by atoms with Gasteiger partial charge in [-0.05, 0) is 37.0 Å². The van der Waals surface area contributed by atoms with Crippen LogP contribution in [0.1, 0.15) is 18.4 Å². The molecule has 0 atom stereocenters. The highest BCUT2D eigenvalue weighted by molar-refractivity contribution is 6.07. The van der Waals surface area contributed by atoms with Crippen LogP contribution in [0.2, 0.25) is 0 Å². The van der Waals surface area contributed by atoms with Crippen LogP contribution in [0.25, 0.3) is 0 Å². The Morgan fingerprint density at radius 1 is 1.11 bits per heavy atom. The summed E-state index contributed by atoms with van der Waals surface area (Å²) in [6, 6.07) is 9.11. The largest absolute Gasteiger partial charge is 0.496 e. The number of benzene rings is 1. The molecule has 2 aliphatic heterocycles. The monoisotopic (exact) mass is 381 g/mol. The second kappa shape index (κ2) is 7.46. The molecule has 0 bridgehead atoms. The van der Waals surface area contributed by atoms with Crippen LogP contribution < -0.4 is 15.0 Å². The molecule has 2 fully saturated rings. The number of nitrogens with zero attached hydrogens (tertiary/aromatic N) is 4. The molecule has 0 radical (unpaired) electrons. The molecule has 2 aromatic rings. The molecule has 0 unspecified atom stereocenters. The Labute approximate surface area is 163 Å². The van der Waals surface area contributed by atoms with Gasteiger partial charge in [-0.2, -0.15) is 0 Å². The molecule has 1 N–H and O–H groups in total. The van der Waals surface area contributed by atoms with Crippen molar-refractivity contribution in [2.45, 2.75) is 24.8 Å². The van der Waals surface area contributed by atoms with Crippen molar-refractivity contribution in [3.05, 3.63) is 48.3 Å². The predicted octanol–water partition coefficient (Wildman–Crippen LogP) is 1.62. The molecule has 1 aromatic carbocycles. The Morgan fingerprint density at radius 3 is 2.54 bits per heavy atom. The molecule has 3 amide bonds. The summed E-state index contributed by atoms with van der Waals surface area (Å²) in [4.78, 5) is 37.5. The van der Waals surface area contributed by atoms with E-state index in [0.717, 1.165) is 11.3 Å². The van der Waals surface area contributed by atoms with Gasteiger partial charge < -0.3 is 15.0 Å². The molecule has 3 heterocycles. The summed E-state index contributed by atoms with van der Waals surface area (Å²) in [6.45, 7) is 1.57. The lowest BCUT2D eigenvalue weighted by Gasteiger charge is -2.37. The van der Waals surface area contributed by atoms with E-state index in [0.29, 0.717) is 44.8 Å². The van der Waals surface area contributed by atoms with E-state index >= 15 is 0 Å². The van der Waals surface area contributed by atoms with Gasteiger partial charge >= 0.3 is 6.03 Å². The Hall–Kier alpha value is -3.16. The zero-order valence-corrected chi connectivity index (χ0v) is 15.8. The number of aromatic nitrogens is 2. The number of imide groups is 1. The van der Waals surface area contributed by atoms with Gasteiger partial charge in [0.1, 0.15) is 11.3 Å². The van der Waals surface area contributed by atoms with Crippen LogP contribution in [0, 0.1) is 0 Å². The van der Waals surface area contributed by atoms with Crippen molar-refractivity contribution in [2.75, 3.05) is 31.6 Å². The van der Waals surface area contributed by atoms with Gasteiger partial charge in [0.15, 0.2) is 0 Å². The summed E-state index contributed by atoms with van der Waals surface area (Å²) < 4.78 is 5.36. The van der Waals surface area contributed by atoms with Crippen molar-refractivity contribution in [2.24, 2.45) is 0 Å². The number of ether oxygens (including phenoxy) is 1. The van der Waals surface area contributed by atoms with E-state index in [-0.39, 0.29) is 11.9 Å². The summed E-state index contributed by atoms with van der Waals surface area (Å²) >= 11 is 0. The van der Waals surface area contributed by atoms with Gasteiger partial charge in [0, 0.05) is 32.0 Å². The van der Waals surface area contributed by atoms with E-state index in [4.69, 9.17) is 4.74 Å². The SMILES string of the molecule is COc1ccccc1CCN1C(=O)NC2(CCN(c3ncccn3)CC2)C1=O. The maximum atomic E-state index is 13.1. The molecule has 8 nitrogen and oxygen atoms in total. The molecule has 2 aliphatic rings. The quantitative estimate of drug-likeness (QED) is 0.792.